The number of benzene rings is 2. The van der Waals surface area contributed by atoms with Crippen LogP contribution in [0.25, 0.3) is 0 Å². The van der Waals surface area contributed by atoms with Crippen molar-refractivity contribution < 1.29 is 9.47 Å². The summed E-state index contributed by atoms with van der Waals surface area (Å²) in [4.78, 5) is 0. The molecule has 136 valence electrons. The van der Waals surface area contributed by atoms with Gasteiger partial charge in [0.25, 0.3) is 0 Å². The van der Waals surface area contributed by atoms with Gasteiger partial charge in [0.1, 0.15) is 5.75 Å². The van der Waals surface area contributed by atoms with E-state index in [9.17, 15) is 0 Å². The van der Waals surface area contributed by atoms with Crippen molar-refractivity contribution in [3.63, 3.8) is 0 Å². The molecule has 0 spiro atoms. The molecule has 1 unspecified atom stereocenters. The monoisotopic (exact) mass is 359 g/mol. The van der Waals surface area contributed by atoms with Crippen LogP contribution in [0.1, 0.15) is 37.8 Å². The van der Waals surface area contributed by atoms with E-state index in [-0.39, 0.29) is 11.9 Å². The van der Waals surface area contributed by atoms with Gasteiger partial charge in [-0.25, -0.2) is 0 Å². The van der Waals surface area contributed by atoms with E-state index in [0.29, 0.717) is 8.58 Å². The van der Waals surface area contributed by atoms with Gasteiger partial charge in [-0.15, -0.1) is 0 Å². The summed E-state index contributed by atoms with van der Waals surface area (Å²) in [7, 11) is 4.35. The van der Waals surface area contributed by atoms with E-state index in [1.54, 1.807) is 7.11 Å². The van der Waals surface area contributed by atoms with E-state index in [0.717, 1.165) is 25.1 Å². The molecule has 2 rings (SSSR count). The number of nitrogens with one attached hydrogen (secondary N) is 1. The van der Waals surface area contributed by atoms with Crippen LogP contribution in [0.15, 0.2) is 48.5 Å². The molecule has 0 bridgehead atoms. The van der Waals surface area contributed by atoms with Crippen molar-refractivity contribution in [2.75, 3.05) is 21.0 Å². The average Bonchev–Trinajstić information content (AvgIpc) is 2.66. The Labute approximate surface area is 153 Å². The quantitative estimate of drug-likeness (QED) is 0.504. The molecule has 0 radical (unpaired) electrons. The summed E-state index contributed by atoms with van der Waals surface area (Å²) in [6.45, 7) is 5.74. The lowest BCUT2D eigenvalue weighted by Crippen LogP contribution is -2.25. The Morgan fingerprint density at radius 2 is 1.68 bits per heavy atom. The Bertz CT molecular complexity index is 656. The summed E-state index contributed by atoms with van der Waals surface area (Å²) in [5.41, 5.74) is 2.67. The van der Waals surface area contributed by atoms with Gasteiger partial charge >= 0.3 is 0 Å². The normalized spacial score (nSPS) is 12.0. The zero-order valence-electron chi connectivity index (χ0n) is 15.8. The number of methoxy groups -OCH3 is 1. The fraction of sp³-hybridized carbons (Fsp3) is 0.429. The zero-order valence-corrected chi connectivity index (χ0v) is 16.8. The van der Waals surface area contributed by atoms with Crippen molar-refractivity contribution in [3.8, 4) is 5.75 Å². The van der Waals surface area contributed by atoms with E-state index >= 15 is 0 Å². The van der Waals surface area contributed by atoms with Gasteiger partial charge in [0.15, 0.2) is 6.79 Å². The third-order valence-electron chi connectivity index (χ3n) is 4.70. The van der Waals surface area contributed by atoms with E-state index in [2.05, 4.69) is 61.6 Å². The summed E-state index contributed by atoms with van der Waals surface area (Å²) in [6, 6.07) is 17.2. The molecule has 0 aliphatic heterocycles. The van der Waals surface area contributed by atoms with Crippen molar-refractivity contribution in [1.82, 2.24) is 5.32 Å². The lowest BCUT2D eigenvalue weighted by molar-refractivity contribution is 0.0499. The van der Waals surface area contributed by atoms with Crippen LogP contribution in [0.5, 0.6) is 5.75 Å². The van der Waals surface area contributed by atoms with Crippen LogP contribution in [0.2, 0.25) is 0 Å². The maximum absolute atomic E-state index is 5.88. The first-order chi connectivity index (χ1) is 12.2. The number of hydrogen-bond donors (Lipinski definition) is 1. The molecule has 4 heteroatoms. The highest BCUT2D eigenvalue weighted by molar-refractivity contribution is 7.48. The summed E-state index contributed by atoms with van der Waals surface area (Å²) >= 11 is 0. The fourth-order valence-electron chi connectivity index (χ4n) is 3.23. The first-order valence-electron chi connectivity index (χ1n) is 8.92. The van der Waals surface area contributed by atoms with Crippen molar-refractivity contribution in [1.29, 1.82) is 0 Å². The highest BCUT2D eigenvalue weighted by Crippen LogP contribution is 2.50. The van der Waals surface area contributed by atoms with Gasteiger partial charge in [0, 0.05) is 24.4 Å². The minimum Gasteiger partial charge on any atom is -0.467 e. The van der Waals surface area contributed by atoms with Crippen LogP contribution in [0.3, 0.4) is 0 Å². The third kappa shape index (κ3) is 4.82. The highest BCUT2D eigenvalue weighted by Gasteiger charge is 2.32. The molecule has 0 aromatic heterocycles. The lowest BCUT2D eigenvalue weighted by Gasteiger charge is -2.34. The molecule has 0 aliphatic carbocycles. The standard InChI is InChI=1S/C21H30NO2P/c1-5-21(6-2,18-12-8-9-13-19(18)24-16-23-4)25-20-14-10-7-11-17(20)15-22-3/h7-14,22,25H,5-6,15-16H2,1-4H3. The molecule has 0 fully saturated rings. The SMILES string of the molecule is CCC(CC)(Pc1ccccc1CNC)c1ccccc1OCOC. The molecule has 0 aliphatic rings. The van der Waals surface area contributed by atoms with Gasteiger partial charge in [-0.05, 0) is 36.8 Å². The Morgan fingerprint density at radius 3 is 2.36 bits per heavy atom. The second-order valence-corrected chi connectivity index (χ2v) is 7.89. The second kappa shape index (κ2) is 9.91. The first kappa shape index (κ1) is 19.9. The number of para-hydroxylation sites is 1. The molecule has 0 saturated heterocycles. The van der Waals surface area contributed by atoms with Crippen LogP contribution in [0.4, 0.5) is 0 Å². The predicted octanol–water partition coefficient (Wildman–Crippen LogP) is 4.41. The van der Waals surface area contributed by atoms with Gasteiger partial charge < -0.3 is 14.8 Å². The average molecular weight is 359 g/mol. The van der Waals surface area contributed by atoms with Crippen LogP contribution < -0.4 is 15.4 Å². The van der Waals surface area contributed by atoms with Crippen LogP contribution in [-0.2, 0) is 16.4 Å². The van der Waals surface area contributed by atoms with Crippen molar-refractivity contribution in [2.45, 2.75) is 38.4 Å². The second-order valence-electron chi connectivity index (χ2n) is 6.15. The smallest absolute Gasteiger partial charge is 0.188 e. The molecule has 0 heterocycles. The number of ether oxygens (including phenoxy) is 2. The van der Waals surface area contributed by atoms with Crippen LogP contribution >= 0.6 is 8.58 Å². The summed E-state index contributed by atoms with van der Waals surface area (Å²) in [5, 5.41) is 4.80. The number of hydrogen-bond acceptors (Lipinski definition) is 3. The Morgan fingerprint density at radius 1 is 1.00 bits per heavy atom. The van der Waals surface area contributed by atoms with Crippen LogP contribution in [0, 0.1) is 0 Å². The van der Waals surface area contributed by atoms with Crippen molar-refractivity contribution in [2.24, 2.45) is 0 Å². The topological polar surface area (TPSA) is 30.5 Å². The van der Waals surface area contributed by atoms with E-state index in [1.165, 1.54) is 16.4 Å². The molecule has 25 heavy (non-hydrogen) atoms. The maximum atomic E-state index is 5.88. The lowest BCUT2D eigenvalue weighted by atomic mass is 9.92. The Kier molecular flexibility index (Phi) is 7.90. The van der Waals surface area contributed by atoms with Crippen LogP contribution in [-0.4, -0.2) is 21.0 Å². The number of rotatable bonds is 10. The summed E-state index contributed by atoms with van der Waals surface area (Å²) in [5.74, 6) is 0.937. The van der Waals surface area contributed by atoms with Gasteiger partial charge in [-0.1, -0.05) is 64.9 Å². The highest BCUT2D eigenvalue weighted by atomic mass is 31.1. The molecule has 1 atom stereocenters. The minimum absolute atomic E-state index is 0.0776. The molecule has 2 aromatic rings. The van der Waals surface area contributed by atoms with Gasteiger partial charge in [0.2, 0.25) is 0 Å². The van der Waals surface area contributed by atoms with E-state index < -0.39 is 0 Å². The zero-order chi connectivity index (χ0) is 18.1. The summed E-state index contributed by atoms with van der Waals surface area (Å²) < 4.78 is 11.0. The molecular weight excluding hydrogens is 329 g/mol. The predicted molar refractivity (Wildman–Crippen MR) is 108 cm³/mol. The van der Waals surface area contributed by atoms with E-state index in [4.69, 9.17) is 9.47 Å². The fourth-order valence-corrected chi connectivity index (χ4v) is 4.95. The molecule has 3 nitrogen and oxygen atoms in total. The Hall–Kier alpha value is -1.41. The van der Waals surface area contributed by atoms with E-state index in [1.807, 2.05) is 13.1 Å². The summed E-state index contributed by atoms with van der Waals surface area (Å²) in [6.07, 6.45) is 2.15. The molecule has 2 aromatic carbocycles. The Balaban J connectivity index is 2.43. The third-order valence-corrected chi connectivity index (χ3v) is 6.91. The minimum atomic E-state index is 0.0776. The maximum Gasteiger partial charge on any atom is 0.188 e. The van der Waals surface area contributed by atoms with Gasteiger partial charge in [-0.3, -0.25) is 0 Å². The molecular formula is C21H30NO2P. The van der Waals surface area contributed by atoms with Crippen molar-refractivity contribution in [3.05, 3.63) is 59.7 Å². The molecule has 0 saturated carbocycles. The first-order valence-corrected chi connectivity index (χ1v) is 9.92. The molecule has 0 amide bonds. The largest absolute Gasteiger partial charge is 0.467 e. The van der Waals surface area contributed by atoms with Gasteiger partial charge in [-0.2, -0.15) is 0 Å². The molecule has 1 N–H and O–H groups in total. The van der Waals surface area contributed by atoms with Crippen molar-refractivity contribution >= 4 is 13.9 Å². The van der Waals surface area contributed by atoms with Gasteiger partial charge in [0.05, 0.1) is 0 Å².